The highest BCUT2D eigenvalue weighted by atomic mass is 16.3. The Kier molecular flexibility index (Phi) is 8.05. The van der Waals surface area contributed by atoms with Crippen molar-refractivity contribution in [3.8, 4) is 5.75 Å². The quantitative estimate of drug-likeness (QED) is 0.435. The van der Waals surface area contributed by atoms with Gasteiger partial charge in [0.25, 0.3) is 0 Å². The van der Waals surface area contributed by atoms with Crippen LogP contribution in [0.5, 0.6) is 5.75 Å². The predicted molar refractivity (Wildman–Crippen MR) is 112 cm³/mol. The van der Waals surface area contributed by atoms with Crippen LogP contribution < -0.4 is 0 Å². The zero-order valence-electron chi connectivity index (χ0n) is 15.8. The van der Waals surface area contributed by atoms with Crippen molar-refractivity contribution in [2.45, 2.75) is 32.3 Å². The van der Waals surface area contributed by atoms with Crippen LogP contribution in [0.15, 0.2) is 78.4 Å². The SMILES string of the molecule is C=C(CC)/C(=C/CO)C(O)CC/C(=C/c1cccc(O)c1)c1ccccc1. The second-order valence-corrected chi connectivity index (χ2v) is 6.48. The van der Waals surface area contributed by atoms with Crippen molar-refractivity contribution in [1.82, 2.24) is 0 Å². The van der Waals surface area contributed by atoms with E-state index in [0.29, 0.717) is 18.4 Å². The van der Waals surface area contributed by atoms with Gasteiger partial charge in [-0.1, -0.05) is 68.1 Å². The molecule has 1 unspecified atom stereocenters. The molecule has 2 aromatic carbocycles. The molecule has 0 bridgehead atoms. The lowest BCUT2D eigenvalue weighted by Crippen LogP contribution is -2.13. The van der Waals surface area contributed by atoms with E-state index in [4.69, 9.17) is 0 Å². The minimum Gasteiger partial charge on any atom is -0.508 e. The van der Waals surface area contributed by atoms with Crippen LogP contribution in [0.25, 0.3) is 11.6 Å². The lowest BCUT2D eigenvalue weighted by molar-refractivity contribution is 0.202. The van der Waals surface area contributed by atoms with Crippen molar-refractivity contribution in [2.24, 2.45) is 0 Å². The molecule has 27 heavy (non-hydrogen) atoms. The van der Waals surface area contributed by atoms with Crippen molar-refractivity contribution in [1.29, 1.82) is 0 Å². The summed E-state index contributed by atoms with van der Waals surface area (Å²) in [5.41, 5.74) is 4.62. The summed E-state index contributed by atoms with van der Waals surface area (Å²) in [6.45, 7) is 5.86. The molecule has 0 aromatic heterocycles. The maximum absolute atomic E-state index is 10.6. The molecule has 3 heteroatoms. The summed E-state index contributed by atoms with van der Waals surface area (Å²) in [5, 5.41) is 29.6. The van der Waals surface area contributed by atoms with Crippen LogP contribution in [-0.2, 0) is 0 Å². The van der Waals surface area contributed by atoms with Gasteiger partial charge in [-0.25, -0.2) is 0 Å². The van der Waals surface area contributed by atoms with Gasteiger partial charge >= 0.3 is 0 Å². The van der Waals surface area contributed by atoms with E-state index in [0.717, 1.165) is 28.7 Å². The number of aliphatic hydroxyl groups is 2. The second kappa shape index (κ2) is 10.5. The number of rotatable bonds is 9. The zero-order chi connectivity index (χ0) is 19.6. The molecule has 0 amide bonds. The van der Waals surface area contributed by atoms with Crippen LogP contribution in [0.2, 0.25) is 0 Å². The van der Waals surface area contributed by atoms with Crippen LogP contribution in [0, 0.1) is 0 Å². The first-order valence-corrected chi connectivity index (χ1v) is 9.27. The number of allylic oxidation sites excluding steroid dienone is 1. The fraction of sp³-hybridized carbons (Fsp3) is 0.250. The number of aromatic hydroxyl groups is 1. The molecule has 1 atom stereocenters. The number of phenolic OH excluding ortho intramolecular Hbond substituents is 1. The minimum absolute atomic E-state index is 0.115. The summed E-state index contributed by atoms with van der Waals surface area (Å²) < 4.78 is 0. The van der Waals surface area contributed by atoms with Crippen LogP contribution in [0.1, 0.15) is 37.3 Å². The third-order valence-electron chi connectivity index (χ3n) is 4.55. The molecule has 0 radical (unpaired) electrons. The lowest BCUT2D eigenvalue weighted by atomic mass is 9.92. The maximum Gasteiger partial charge on any atom is 0.116 e. The van der Waals surface area contributed by atoms with E-state index in [2.05, 4.69) is 6.58 Å². The molecule has 3 nitrogen and oxygen atoms in total. The second-order valence-electron chi connectivity index (χ2n) is 6.48. The van der Waals surface area contributed by atoms with Gasteiger partial charge in [0.1, 0.15) is 5.75 Å². The Morgan fingerprint density at radius 3 is 2.48 bits per heavy atom. The zero-order valence-corrected chi connectivity index (χ0v) is 15.8. The molecule has 3 N–H and O–H groups in total. The molecular formula is C24H28O3. The molecule has 142 valence electrons. The molecule has 0 aliphatic carbocycles. The molecule has 0 aliphatic heterocycles. The number of hydrogen-bond acceptors (Lipinski definition) is 3. The normalized spacial score (nSPS) is 13.4. The summed E-state index contributed by atoms with van der Waals surface area (Å²) in [6.07, 6.45) is 4.89. The van der Waals surface area contributed by atoms with Crippen molar-refractivity contribution in [3.05, 3.63) is 89.5 Å². The Morgan fingerprint density at radius 2 is 1.85 bits per heavy atom. The molecule has 2 rings (SSSR count). The largest absolute Gasteiger partial charge is 0.508 e. The Bertz CT molecular complexity index is 803. The monoisotopic (exact) mass is 364 g/mol. The number of hydrogen-bond donors (Lipinski definition) is 3. The topological polar surface area (TPSA) is 60.7 Å². The number of phenols is 1. The average molecular weight is 364 g/mol. The third kappa shape index (κ3) is 6.24. The highest BCUT2D eigenvalue weighted by Gasteiger charge is 2.14. The Labute approximate surface area is 161 Å². The predicted octanol–water partition coefficient (Wildman–Crippen LogP) is 4.96. The molecule has 0 fully saturated rings. The average Bonchev–Trinajstić information content (AvgIpc) is 2.69. The first kappa shape index (κ1) is 20.7. The Balaban J connectivity index is 2.25. The van der Waals surface area contributed by atoms with Crippen molar-refractivity contribution in [2.75, 3.05) is 6.61 Å². The van der Waals surface area contributed by atoms with Gasteiger partial charge in [0.2, 0.25) is 0 Å². The fourth-order valence-corrected chi connectivity index (χ4v) is 3.03. The van der Waals surface area contributed by atoms with Crippen LogP contribution in [0.4, 0.5) is 0 Å². The summed E-state index contributed by atoms with van der Waals surface area (Å²) in [5.74, 6) is 0.226. The van der Waals surface area contributed by atoms with E-state index in [-0.39, 0.29) is 12.4 Å². The van der Waals surface area contributed by atoms with Gasteiger partial charge in [-0.15, -0.1) is 0 Å². The molecule has 2 aromatic rings. The molecule has 0 saturated carbocycles. The number of aliphatic hydroxyl groups excluding tert-OH is 2. The summed E-state index contributed by atoms with van der Waals surface area (Å²) >= 11 is 0. The smallest absolute Gasteiger partial charge is 0.116 e. The van der Waals surface area contributed by atoms with Crippen molar-refractivity contribution >= 4 is 11.6 Å². The summed E-state index contributed by atoms with van der Waals surface area (Å²) in [7, 11) is 0. The lowest BCUT2D eigenvalue weighted by Gasteiger charge is -2.18. The van der Waals surface area contributed by atoms with Crippen LogP contribution >= 0.6 is 0 Å². The van der Waals surface area contributed by atoms with Crippen molar-refractivity contribution in [3.63, 3.8) is 0 Å². The fourth-order valence-electron chi connectivity index (χ4n) is 3.03. The Morgan fingerprint density at radius 1 is 1.11 bits per heavy atom. The first-order chi connectivity index (χ1) is 13.0. The molecule has 0 saturated heterocycles. The van der Waals surface area contributed by atoms with Gasteiger partial charge in [-0.3, -0.25) is 0 Å². The highest BCUT2D eigenvalue weighted by Crippen LogP contribution is 2.27. The maximum atomic E-state index is 10.6. The molecule has 0 spiro atoms. The standard InChI is InChI=1S/C24H28O3/c1-3-18(2)23(14-15-25)24(27)13-12-21(20-9-5-4-6-10-20)16-19-8-7-11-22(26)17-19/h4-11,14,16-17,24-27H,2-3,12-13,15H2,1H3/b21-16-,23-14-. The van der Waals surface area contributed by atoms with Gasteiger partial charge in [-0.2, -0.15) is 0 Å². The Hall–Kier alpha value is -2.62. The van der Waals surface area contributed by atoms with E-state index in [1.54, 1.807) is 18.2 Å². The first-order valence-electron chi connectivity index (χ1n) is 9.27. The van der Waals surface area contributed by atoms with E-state index in [1.165, 1.54) is 0 Å². The van der Waals surface area contributed by atoms with Gasteiger partial charge in [0.15, 0.2) is 0 Å². The minimum atomic E-state index is -0.680. The van der Waals surface area contributed by atoms with Gasteiger partial charge in [0.05, 0.1) is 12.7 Å². The molecule has 0 aliphatic rings. The summed E-state index contributed by atoms with van der Waals surface area (Å²) in [6, 6.07) is 17.1. The van der Waals surface area contributed by atoms with E-state index in [1.807, 2.05) is 55.5 Å². The number of benzene rings is 2. The van der Waals surface area contributed by atoms with Crippen molar-refractivity contribution < 1.29 is 15.3 Å². The van der Waals surface area contributed by atoms with Gasteiger partial charge in [-0.05, 0) is 59.2 Å². The van der Waals surface area contributed by atoms with Crippen LogP contribution in [-0.4, -0.2) is 28.0 Å². The molecule has 0 heterocycles. The third-order valence-corrected chi connectivity index (χ3v) is 4.55. The van der Waals surface area contributed by atoms with E-state index in [9.17, 15) is 15.3 Å². The van der Waals surface area contributed by atoms with E-state index >= 15 is 0 Å². The highest BCUT2D eigenvalue weighted by molar-refractivity contribution is 5.81. The van der Waals surface area contributed by atoms with Gasteiger partial charge in [0, 0.05) is 0 Å². The summed E-state index contributed by atoms with van der Waals surface area (Å²) in [4.78, 5) is 0. The van der Waals surface area contributed by atoms with Crippen LogP contribution in [0.3, 0.4) is 0 Å². The van der Waals surface area contributed by atoms with Gasteiger partial charge < -0.3 is 15.3 Å². The molecular weight excluding hydrogens is 336 g/mol. The van der Waals surface area contributed by atoms with E-state index < -0.39 is 6.10 Å².